The van der Waals surface area contributed by atoms with Crippen LogP contribution >= 0.6 is 0 Å². The molecule has 1 aliphatic heterocycles. The molecule has 6 nitrogen and oxygen atoms in total. The molecule has 0 atom stereocenters. The smallest absolute Gasteiger partial charge is 0.256 e. The third-order valence-electron chi connectivity index (χ3n) is 6.37. The van der Waals surface area contributed by atoms with E-state index in [0.29, 0.717) is 0 Å². The summed E-state index contributed by atoms with van der Waals surface area (Å²) in [7, 11) is 2.00. The Bertz CT molecular complexity index is 1210. The van der Waals surface area contributed by atoms with Crippen molar-refractivity contribution in [1.82, 2.24) is 23.9 Å². The lowest BCUT2D eigenvalue weighted by Crippen LogP contribution is -2.35. The third kappa shape index (κ3) is 4.18. The van der Waals surface area contributed by atoms with Gasteiger partial charge in [0.05, 0.1) is 12.1 Å². The molecule has 32 heavy (non-hydrogen) atoms. The molecule has 1 saturated heterocycles. The first-order valence-corrected chi connectivity index (χ1v) is 11.3. The first-order chi connectivity index (χ1) is 15.7. The Morgan fingerprint density at radius 2 is 1.75 bits per heavy atom. The second-order valence-electron chi connectivity index (χ2n) is 8.55. The van der Waals surface area contributed by atoms with Crippen molar-refractivity contribution in [2.45, 2.75) is 19.5 Å². The number of carbonyl (C=O) groups excluding carboxylic acids is 1. The quantitative estimate of drug-likeness (QED) is 0.487. The topological polar surface area (TPSA) is 46.3 Å². The molecule has 1 aliphatic rings. The summed E-state index contributed by atoms with van der Waals surface area (Å²) in [4.78, 5) is 22.4. The Kier molecular flexibility index (Phi) is 5.77. The predicted molar refractivity (Wildman–Crippen MR) is 126 cm³/mol. The summed E-state index contributed by atoms with van der Waals surface area (Å²) in [5, 5.41) is 1.03. The number of hydrogen-bond acceptors (Lipinski definition) is 3. The lowest BCUT2D eigenvalue weighted by atomic mass is 10.1. The maximum Gasteiger partial charge on any atom is 0.256 e. The van der Waals surface area contributed by atoms with Crippen molar-refractivity contribution < 1.29 is 4.79 Å². The van der Waals surface area contributed by atoms with E-state index in [1.165, 1.54) is 5.56 Å². The van der Waals surface area contributed by atoms with Gasteiger partial charge in [0.15, 0.2) is 0 Å². The number of imidazole rings is 1. The number of para-hydroxylation sites is 1. The van der Waals surface area contributed by atoms with Gasteiger partial charge >= 0.3 is 0 Å². The monoisotopic (exact) mass is 427 g/mol. The van der Waals surface area contributed by atoms with Gasteiger partial charge in [-0.3, -0.25) is 9.69 Å². The molecule has 0 spiro atoms. The first-order valence-electron chi connectivity index (χ1n) is 11.3. The van der Waals surface area contributed by atoms with E-state index >= 15 is 0 Å². The number of nitrogens with zero attached hydrogens (tertiary/aromatic N) is 5. The van der Waals surface area contributed by atoms with Crippen LogP contribution in [0.3, 0.4) is 0 Å². The fourth-order valence-corrected chi connectivity index (χ4v) is 4.63. The highest BCUT2D eigenvalue weighted by atomic mass is 16.2. The SMILES string of the molecule is Cn1cc(C(=O)N2CCCN(Cc3nccn3Cc3ccccc3)CC2)c2ccccc21. The largest absolute Gasteiger partial charge is 0.350 e. The maximum atomic E-state index is 13.3. The van der Waals surface area contributed by atoms with E-state index in [2.05, 4.69) is 51.0 Å². The van der Waals surface area contributed by atoms with E-state index in [-0.39, 0.29) is 5.91 Å². The predicted octanol–water partition coefficient (Wildman–Crippen LogP) is 3.77. The van der Waals surface area contributed by atoms with E-state index in [0.717, 1.165) is 68.0 Å². The summed E-state index contributed by atoms with van der Waals surface area (Å²) in [5.74, 6) is 1.21. The Morgan fingerprint density at radius 1 is 0.938 bits per heavy atom. The Hall–Kier alpha value is -3.38. The second-order valence-corrected chi connectivity index (χ2v) is 8.55. The molecule has 6 heteroatoms. The van der Waals surface area contributed by atoms with Crippen LogP contribution in [-0.4, -0.2) is 56.0 Å². The minimum Gasteiger partial charge on any atom is -0.350 e. The molecule has 1 fully saturated rings. The Balaban J connectivity index is 1.25. The molecule has 2 aromatic carbocycles. The number of benzene rings is 2. The van der Waals surface area contributed by atoms with Gasteiger partial charge in [-0.25, -0.2) is 4.98 Å². The lowest BCUT2D eigenvalue weighted by molar-refractivity contribution is 0.0762. The number of amides is 1. The zero-order valence-corrected chi connectivity index (χ0v) is 18.5. The van der Waals surface area contributed by atoms with Gasteiger partial charge in [-0.2, -0.15) is 0 Å². The van der Waals surface area contributed by atoms with Crippen molar-refractivity contribution in [3.8, 4) is 0 Å². The van der Waals surface area contributed by atoms with Crippen molar-refractivity contribution in [1.29, 1.82) is 0 Å². The minimum atomic E-state index is 0.134. The Morgan fingerprint density at radius 3 is 2.62 bits per heavy atom. The average Bonchev–Trinajstić information content (AvgIpc) is 3.30. The van der Waals surface area contributed by atoms with Gasteiger partial charge in [0.25, 0.3) is 5.91 Å². The van der Waals surface area contributed by atoms with Crippen LogP contribution in [0.2, 0.25) is 0 Å². The highest BCUT2D eigenvalue weighted by molar-refractivity contribution is 6.07. The molecule has 0 unspecified atom stereocenters. The van der Waals surface area contributed by atoms with Crippen LogP contribution in [0.15, 0.2) is 73.2 Å². The van der Waals surface area contributed by atoms with Crippen molar-refractivity contribution in [3.05, 3.63) is 90.1 Å². The van der Waals surface area contributed by atoms with Gasteiger partial charge < -0.3 is 14.0 Å². The van der Waals surface area contributed by atoms with Crippen LogP contribution in [0.4, 0.5) is 0 Å². The van der Waals surface area contributed by atoms with Gasteiger partial charge in [-0.1, -0.05) is 48.5 Å². The third-order valence-corrected chi connectivity index (χ3v) is 6.37. The van der Waals surface area contributed by atoms with Gasteiger partial charge in [0.1, 0.15) is 5.82 Å². The summed E-state index contributed by atoms with van der Waals surface area (Å²) in [6, 6.07) is 18.6. The van der Waals surface area contributed by atoms with E-state index in [1.54, 1.807) is 0 Å². The second kappa shape index (κ2) is 9.01. The summed E-state index contributed by atoms with van der Waals surface area (Å²) < 4.78 is 4.26. The summed E-state index contributed by atoms with van der Waals surface area (Å²) in [6.07, 6.45) is 6.87. The molecular weight excluding hydrogens is 398 g/mol. The van der Waals surface area contributed by atoms with Crippen LogP contribution < -0.4 is 0 Å². The highest BCUT2D eigenvalue weighted by Crippen LogP contribution is 2.22. The summed E-state index contributed by atoms with van der Waals surface area (Å²) in [5.41, 5.74) is 3.17. The number of carbonyl (C=O) groups is 1. The molecule has 2 aromatic heterocycles. The van der Waals surface area contributed by atoms with Crippen molar-refractivity contribution in [3.63, 3.8) is 0 Å². The molecule has 0 bridgehead atoms. The van der Waals surface area contributed by atoms with E-state index < -0.39 is 0 Å². The summed E-state index contributed by atoms with van der Waals surface area (Å²) in [6.45, 7) is 4.98. The van der Waals surface area contributed by atoms with Crippen molar-refractivity contribution in [2.24, 2.45) is 7.05 Å². The van der Waals surface area contributed by atoms with Gasteiger partial charge in [0.2, 0.25) is 0 Å². The highest BCUT2D eigenvalue weighted by Gasteiger charge is 2.23. The van der Waals surface area contributed by atoms with Crippen LogP contribution in [0, 0.1) is 0 Å². The fraction of sp³-hybridized carbons (Fsp3) is 0.308. The van der Waals surface area contributed by atoms with Crippen LogP contribution in [0.1, 0.15) is 28.2 Å². The molecule has 0 N–H and O–H groups in total. The van der Waals surface area contributed by atoms with Crippen LogP contribution in [-0.2, 0) is 20.1 Å². The van der Waals surface area contributed by atoms with E-state index in [4.69, 9.17) is 0 Å². The molecule has 0 radical (unpaired) electrons. The molecule has 1 amide bonds. The molecule has 164 valence electrons. The fourth-order valence-electron chi connectivity index (χ4n) is 4.63. The Labute approximate surface area is 188 Å². The van der Waals surface area contributed by atoms with Gasteiger partial charge in [-0.15, -0.1) is 0 Å². The lowest BCUT2D eigenvalue weighted by Gasteiger charge is -2.22. The van der Waals surface area contributed by atoms with Crippen molar-refractivity contribution in [2.75, 3.05) is 26.2 Å². The average molecular weight is 428 g/mol. The number of fused-ring (bicyclic) bond motifs is 1. The molecule has 5 rings (SSSR count). The zero-order valence-electron chi connectivity index (χ0n) is 18.5. The van der Waals surface area contributed by atoms with E-state index in [1.807, 2.05) is 53.2 Å². The van der Waals surface area contributed by atoms with Gasteiger partial charge in [0, 0.05) is 69.3 Å². The minimum absolute atomic E-state index is 0.134. The number of rotatable bonds is 5. The molecule has 3 heterocycles. The van der Waals surface area contributed by atoms with Gasteiger partial charge in [-0.05, 0) is 18.1 Å². The normalized spacial score (nSPS) is 15.2. The maximum absolute atomic E-state index is 13.3. The number of aryl methyl sites for hydroxylation is 1. The number of hydrogen-bond donors (Lipinski definition) is 0. The molecule has 4 aromatic rings. The van der Waals surface area contributed by atoms with Crippen LogP contribution in [0.25, 0.3) is 10.9 Å². The summed E-state index contributed by atoms with van der Waals surface area (Å²) >= 11 is 0. The number of aromatic nitrogens is 3. The molecular formula is C26H29N5O. The van der Waals surface area contributed by atoms with Crippen LogP contribution in [0.5, 0.6) is 0 Å². The molecule has 0 aliphatic carbocycles. The van der Waals surface area contributed by atoms with E-state index in [9.17, 15) is 4.79 Å². The van der Waals surface area contributed by atoms with Crippen molar-refractivity contribution >= 4 is 16.8 Å². The zero-order chi connectivity index (χ0) is 21.9. The molecule has 0 saturated carbocycles. The first kappa shape index (κ1) is 20.5. The standard InChI is InChI=1S/C26H29N5O/c1-28-19-23(22-10-5-6-11-24(22)28)26(32)30-14-7-13-29(16-17-30)20-25-27-12-15-31(25)18-21-8-3-2-4-9-21/h2-6,8-12,15,19H,7,13-14,16-18,20H2,1H3.